The average molecular weight is 292 g/mol. The largest absolute Gasteiger partial charge is 0.481 e. The molecule has 1 aliphatic rings. The third kappa shape index (κ3) is 3.57. The molecule has 0 aliphatic carbocycles. The Balaban J connectivity index is 2.13. The number of carbonyl (C=O) groups is 3. The number of carboxylic acids is 2. The van der Waals surface area contributed by atoms with Gasteiger partial charge in [-0.05, 0) is 17.5 Å². The summed E-state index contributed by atoms with van der Waals surface area (Å²) in [6.07, 6.45) is 0.132. The Hall–Kier alpha value is -2.41. The molecule has 112 valence electrons. The number of carboxylic acid groups (broad SMARTS) is 2. The Morgan fingerprint density at radius 1 is 1.29 bits per heavy atom. The molecule has 1 aromatic rings. The minimum atomic E-state index is -1.44. The second-order valence-electron chi connectivity index (χ2n) is 4.83. The van der Waals surface area contributed by atoms with E-state index in [4.69, 9.17) is 10.2 Å². The fourth-order valence-corrected chi connectivity index (χ4v) is 2.37. The lowest BCUT2D eigenvalue weighted by molar-refractivity contribution is -0.147. The first-order chi connectivity index (χ1) is 9.99. The molecule has 2 atom stereocenters. The van der Waals surface area contributed by atoms with E-state index in [-0.39, 0.29) is 0 Å². The maximum Gasteiger partial charge on any atom is 0.326 e. The molecular formula is C14H16N2O5. The number of benzene rings is 1. The SMILES string of the molecule is O=C(O)CC(NC(=O)C1NCCc2ccccc21)C(=O)O. The summed E-state index contributed by atoms with van der Waals surface area (Å²) in [6, 6.07) is 5.31. The summed E-state index contributed by atoms with van der Waals surface area (Å²) in [6.45, 7) is 0.603. The van der Waals surface area contributed by atoms with E-state index in [1.807, 2.05) is 12.1 Å². The predicted molar refractivity (Wildman–Crippen MR) is 72.7 cm³/mol. The minimum absolute atomic E-state index is 0.532. The van der Waals surface area contributed by atoms with Crippen molar-refractivity contribution in [3.05, 3.63) is 35.4 Å². The van der Waals surface area contributed by atoms with Crippen molar-refractivity contribution in [3.8, 4) is 0 Å². The first kappa shape index (κ1) is 15.0. The van der Waals surface area contributed by atoms with Gasteiger partial charge in [0.2, 0.25) is 5.91 Å². The Labute approximate surface area is 121 Å². The molecule has 0 fully saturated rings. The van der Waals surface area contributed by atoms with E-state index in [9.17, 15) is 14.4 Å². The van der Waals surface area contributed by atoms with Crippen molar-refractivity contribution in [1.82, 2.24) is 10.6 Å². The molecule has 1 amide bonds. The van der Waals surface area contributed by atoms with E-state index < -0.39 is 36.4 Å². The van der Waals surface area contributed by atoms with E-state index >= 15 is 0 Å². The van der Waals surface area contributed by atoms with Crippen LogP contribution in [0.4, 0.5) is 0 Å². The van der Waals surface area contributed by atoms with Crippen molar-refractivity contribution in [3.63, 3.8) is 0 Å². The van der Waals surface area contributed by atoms with Gasteiger partial charge in [-0.25, -0.2) is 4.79 Å². The zero-order chi connectivity index (χ0) is 15.4. The van der Waals surface area contributed by atoms with Crippen LogP contribution < -0.4 is 10.6 Å². The number of hydrogen-bond acceptors (Lipinski definition) is 4. The molecule has 7 nitrogen and oxygen atoms in total. The number of rotatable bonds is 5. The maximum atomic E-state index is 12.2. The topological polar surface area (TPSA) is 116 Å². The third-order valence-corrected chi connectivity index (χ3v) is 3.36. The van der Waals surface area contributed by atoms with Crippen molar-refractivity contribution < 1.29 is 24.6 Å². The Kier molecular flexibility index (Phi) is 4.54. The van der Waals surface area contributed by atoms with Crippen LogP contribution in [0.25, 0.3) is 0 Å². The molecule has 21 heavy (non-hydrogen) atoms. The lowest BCUT2D eigenvalue weighted by atomic mass is 9.93. The fraction of sp³-hybridized carbons (Fsp3) is 0.357. The Morgan fingerprint density at radius 2 is 2.00 bits per heavy atom. The van der Waals surface area contributed by atoms with Crippen LogP contribution in [-0.4, -0.2) is 40.6 Å². The molecular weight excluding hydrogens is 276 g/mol. The van der Waals surface area contributed by atoms with Crippen LogP contribution in [0.1, 0.15) is 23.6 Å². The van der Waals surface area contributed by atoms with E-state index in [2.05, 4.69) is 10.6 Å². The van der Waals surface area contributed by atoms with Crippen LogP contribution in [0.5, 0.6) is 0 Å². The molecule has 2 rings (SSSR count). The van der Waals surface area contributed by atoms with Gasteiger partial charge in [-0.15, -0.1) is 0 Å². The number of fused-ring (bicyclic) bond motifs is 1. The van der Waals surface area contributed by atoms with E-state index in [0.29, 0.717) is 6.54 Å². The lowest BCUT2D eigenvalue weighted by Gasteiger charge is -2.27. The quantitative estimate of drug-likeness (QED) is 0.603. The summed E-state index contributed by atoms with van der Waals surface area (Å²) in [7, 11) is 0. The summed E-state index contributed by atoms with van der Waals surface area (Å²) in [5.74, 6) is -3.18. The highest BCUT2D eigenvalue weighted by Crippen LogP contribution is 2.22. The molecule has 0 saturated carbocycles. The van der Waals surface area contributed by atoms with Gasteiger partial charge in [0, 0.05) is 6.54 Å². The second kappa shape index (κ2) is 6.36. The summed E-state index contributed by atoms with van der Waals surface area (Å²) in [5.41, 5.74) is 1.82. The highest BCUT2D eigenvalue weighted by molar-refractivity contribution is 5.90. The second-order valence-corrected chi connectivity index (χ2v) is 4.83. The Morgan fingerprint density at radius 3 is 2.67 bits per heavy atom. The zero-order valence-corrected chi connectivity index (χ0v) is 11.2. The highest BCUT2D eigenvalue weighted by atomic mass is 16.4. The molecule has 1 aliphatic heterocycles. The molecule has 2 unspecified atom stereocenters. The molecule has 0 spiro atoms. The smallest absolute Gasteiger partial charge is 0.326 e. The number of hydrogen-bond donors (Lipinski definition) is 4. The third-order valence-electron chi connectivity index (χ3n) is 3.36. The fourth-order valence-electron chi connectivity index (χ4n) is 2.37. The van der Waals surface area contributed by atoms with Gasteiger partial charge in [-0.2, -0.15) is 0 Å². The first-order valence-electron chi connectivity index (χ1n) is 6.55. The zero-order valence-electron chi connectivity index (χ0n) is 11.2. The minimum Gasteiger partial charge on any atom is -0.481 e. The number of nitrogens with one attached hydrogen (secondary N) is 2. The summed E-state index contributed by atoms with van der Waals surface area (Å²) in [4.78, 5) is 33.9. The standard InChI is InChI=1S/C14H16N2O5/c17-11(18)7-10(14(20)21)16-13(19)12-9-4-2-1-3-8(9)5-6-15-12/h1-4,10,12,15H,5-7H2,(H,16,19)(H,17,18)(H,20,21). The maximum absolute atomic E-state index is 12.2. The van der Waals surface area contributed by atoms with Gasteiger partial charge in [0.05, 0.1) is 6.42 Å². The summed E-state index contributed by atoms with van der Waals surface area (Å²) >= 11 is 0. The van der Waals surface area contributed by atoms with Crippen LogP contribution in [0.3, 0.4) is 0 Å². The van der Waals surface area contributed by atoms with Gasteiger partial charge in [0.25, 0.3) is 0 Å². The number of amides is 1. The predicted octanol–water partition coefficient (Wildman–Crippen LogP) is -0.0825. The van der Waals surface area contributed by atoms with E-state index in [1.54, 1.807) is 12.1 Å². The highest BCUT2D eigenvalue weighted by Gasteiger charge is 2.30. The Bertz CT molecular complexity index is 572. The number of carbonyl (C=O) groups excluding carboxylic acids is 1. The van der Waals surface area contributed by atoms with Crippen molar-refractivity contribution in [1.29, 1.82) is 0 Å². The molecule has 1 heterocycles. The van der Waals surface area contributed by atoms with Crippen LogP contribution >= 0.6 is 0 Å². The number of aliphatic carboxylic acids is 2. The summed E-state index contributed by atoms with van der Waals surface area (Å²) in [5, 5.41) is 22.9. The van der Waals surface area contributed by atoms with Crippen LogP contribution in [0.15, 0.2) is 24.3 Å². The molecule has 4 N–H and O–H groups in total. The van der Waals surface area contributed by atoms with Crippen LogP contribution in [-0.2, 0) is 20.8 Å². The van der Waals surface area contributed by atoms with Crippen molar-refractivity contribution in [2.24, 2.45) is 0 Å². The van der Waals surface area contributed by atoms with Gasteiger partial charge < -0.3 is 20.8 Å². The molecule has 0 radical (unpaired) electrons. The van der Waals surface area contributed by atoms with Gasteiger partial charge in [0.1, 0.15) is 12.1 Å². The van der Waals surface area contributed by atoms with Crippen LogP contribution in [0.2, 0.25) is 0 Å². The molecule has 0 aromatic heterocycles. The molecule has 0 saturated heterocycles. The first-order valence-corrected chi connectivity index (χ1v) is 6.55. The molecule has 7 heteroatoms. The monoisotopic (exact) mass is 292 g/mol. The van der Waals surface area contributed by atoms with Gasteiger partial charge in [-0.3, -0.25) is 9.59 Å². The lowest BCUT2D eigenvalue weighted by Crippen LogP contribution is -2.48. The summed E-state index contributed by atoms with van der Waals surface area (Å²) < 4.78 is 0. The van der Waals surface area contributed by atoms with Crippen molar-refractivity contribution in [2.45, 2.75) is 24.9 Å². The van der Waals surface area contributed by atoms with Crippen molar-refractivity contribution >= 4 is 17.8 Å². The van der Waals surface area contributed by atoms with Gasteiger partial charge >= 0.3 is 11.9 Å². The molecule has 1 aromatic carbocycles. The van der Waals surface area contributed by atoms with E-state index in [0.717, 1.165) is 17.5 Å². The normalized spacial score (nSPS) is 18.4. The van der Waals surface area contributed by atoms with E-state index in [1.165, 1.54) is 0 Å². The molecule has 0 bridgehead atoms. The van der Waals surface area contributed by atoms with Gasteiger partial charge in [-0.1, -0.05) is 24.3 Å². The van der Waals surface area contributed by atoms with Crippen LogP contribution in [0, 0.1) is 0 Å². The van der Waals surface area contributed by atoms with Gasteiger partial charge in [0.15, 0.2) is 0 Å². The average Bonchev–Trinajstić information content (AvgIpc) is 2.45. The van der Waals surface area contributed by atoms with Crippen molar-refractivity contribution in [2.75, 3.05) is 6.54 Å².